The highest BCUT2D eigenvalue weighted by molar-refractivity contribution is 9.10. The van der Waals surface area contributed by atoms with Crippen LogP contribution in [-0.2, 0) is 5.88 Å². The van der Waals surface area contributed by atoms with Crippen LogP contribution in [0.15, 0.2) is 15.9 Å². The monoisotopic (exact) mass is 210 g/mol. The summed E-state index contributed by atoms with van der Waals surface area (Å²) < 4.78 is 1.12. The van der Waals surface area contributed by atoms with Gasteiger partial charge in [-0.25, -0.2) is 0 Å². The van der Waals surface area contributed by atoms with Crippen molar-refractivity contribution in [2.45, 2.75) is 5.88 Å². The SMILES string of the molecule is ClCc1cc(Br)cs1. The molecule has 0 aliphatic carbocycles. The summed E-state index contributed by atoms with van der Waals surface area (Å²) in [5.41, 5.74) is 0. The van der Waals surface area contributed by atoms with Crippen LogP contribution in [0, 0.1) is 0 Å². The molecule has 0 N–H and O–H groups in total. The molecule has 1 heterocycles. The van der Waals surface area contributed by atoms with E-state index in [2.05, 4.69) is 15.9 Å². The van der Waals surface area contributed by atoms with Crippen molar-refractivity contribution in [2.75, 3.05) is 0 Å². The Hall–Kier alpha value is 0.470. The quantitative estimate of drug-likeness (QED) is 0.626. The molecule has 0 atom stereocenters. The molecule has 0 bridgehead atoms. The molecule has 0 fully saturated rings. The van der Waals surface area contributed by atoms with E-state index in [9.17, 15) is 0 Å². The van der Waals surface area contributed by atoms with Crippen molar-refractivity contribution in [3.8, 4) is 0 Å². The van der Waals surface area contributed by atoms with Crippen LogP contribution < -0.4 is 0 Å². The van der Waals surface area contributed by atoms with Gasteiger partial charge in [-0.3, -0.25) is 0 Å². The lowest BCUT2D eigenvalue weighted by Gasteiger charge is -1.77. The fourth-order valence-corrected chi connectivity index (χ4v) is 1.99. The molecule has 0 amide bonds. The molecular formula is C5H4BrClS. The van der Waals surface area contributed by atoms with Crippen LogP contribution in [0.5, 0.6) is 0 Å². The topological polar surface area (TPSA) is 0 Å². The van der Waals surface area contributed by atoms with Crippen LogP contribution in [0.1, 0.15) is 4.88 Å². The average molecular weight is 212 g/mol. The van der Waals surface area contributed by atoms with Gasteiger partial charge in [-0.2, -0.15) is 0 Å². The summed E-state index contributed by atoms with van der Waals surface area (Å²) in [5.74, 6) is 0.621. The fraction of sp³-hybridized carbons (Fsp3) is 0.200. The molecule has 0 aliphatic rings. The molecule has 0 nitrogen and oxygen atoms in total. The first-order valence-electron chi connectivity index (χ1n) is 2.12. The zero-order valence-corrected chi connectivity index (χ0v) is 7.18. The minimum absolute atomic E-state index is 0.621. The lowest BCUT2D eigenvalue weighted by atomic mass is 10.5. The van der Waals surface area contributed by atoms with E-state index in [-0.39, 0.29) is 0 Å². The second-order valence-corrected chi connectivity index (χ2v) is 3.54. The van der Waals surface area contributed by atoms with E-state index in [1.165, 1.54) is 4.88 Å². The van der Waals surface area contributed by atoms with Crippen LogP contribution in [0.4, 0.5) is 0 Å². The Morgan fingerprint density at radius 1 is 1.75 bits per heavy atom. The number of alkyl halides is 1. The van der Waals surface area contributed by atoms with Crippen molar-refractivity contribution >= 4 is 38.9 Å². The van der Waals surface area contributed by atoms with Gasteiger partial charge < -0.3 is 0 Å². The summed E-state index contributed by atoms with van der Waals surface area (Å²) in [6.45, 7) is 0. The van der Waals surface area contributed by atoms with E-state index >= 15 is 0 Å². The molecule has 1 aromatic rings. The Morgan fingerprint density at radius 3 is 2.75 bits per heavy atom. The van der Waals surface area contributed by atoms with Gasteiger partial charge >= 0.3 is 0 Å². The highest BCUT2D eigenvalue weighted by atomic mass is 79.9. The molecule has 0 radical (unpaired) electrons. The van der Waals surface area contributed by atoms with E-state index in [0.717, 1.165) is 4.47 Å². The van der Waals surface area contributed by atoms with Gasteiger partial charge in [0.15, 0.2) is 0 Å². The third-order valence-corrected chi connectivity index (χ3v) is 2.90. The number of hydrogen-bond donors (Lipinski definition) is 0. The van der Waals surface area contributed by atoms with Crippen molar-refractivity contribution in [3.05, 3.63) is 20.8 Å². The maximum Gasteiger partial charge on any atom is 0.0568 e. The second-order valence-electron chi connectivity index (χ2n) is 1.36. The standard InChI is InChI=1S/C5H4BrClS/c6-4-1-5(2-7)8-3-4/h1,3H,2H2. The summed E-state index contributed by atoms with van der Waals surface area (Å²) in [4.78, 5) is 1.21. The third-order valence-electron chi connectivity index (χ3n) is 0.753. The van der Waals surface area contributed by atoms with Gasteiger partial charge in [-0.15, -0.1) is 22.9 Å². The Labute approximate surface area is 65.6 Å². The minimum Gasteiger partial charge on any atom is -0.146 e. The molecule has 1 rings (SSSR count). The Kier molecular flexibility index (Phi) is 2.35. The van der Waals surface area contributed by atoms with Gasteiger partial charge in [0.1, 0.15) is 0 Å². The number of rotatable bonds is 1. The number of halogens is 2. The summed E-state index contributed by atoms with van der Waals surface area (Å²) in [5, 5.41) is 2.03. The highest BCUT2D eigenvalue weighted by Crippen LogP contribution is 2.20. The van der Waals surface area contributed by atoms with Gasteiger partial charge in [-0.1, -0.05) is 0 Å². The summed E-state index contributed by atoms with van der Waals surface area (Å²) in [7, 11) is 0. The first kappa shape index (κ1) is 6.59. The molecule has 0 unspecified atom stereocenters. The highest BCUT2D eigenvalue weighted by Gasteiger charge is 1.92. The molecule has 44 valence electrons. The Bertz CT molecular complexity index is 173. The fourth-order valence-electron chi connectivity index (χ4n) is 0.424. The smallest absolute Gasteiger partial charge is 0.0568 e. The second kappa shape index (κ2) is 2.85. The molecular weight excluding hydrogens is 207 g/mol. The van der Waals surface area contributed by atoms with Gasteiger partial charge in [0.25, 0.3) is 0 Å². The maximum absolute atomic E-state index is 5.53. The van der Waals surface area contributed by atoms with E-state index in [1.54, 1.807) is 11.3 Å². The van der Waals surface area contributed by atoms with Gasteiger partial charge in [0, 0.05) is 14.7 Å². The Balaban J connectivity index is 2.84. The molecule has 3 heteroatoms. The first-order valence-corrected chi connectivity index (χ1v) is 4.32. The number of thiophene rings is 1. The van der Waals surface area contributed by atoms with Gasteiger partial charge in [0.05, 0.1) is 5.88 Å². The van der Waals surface area contributed by atoms with Crippen molar-refractivity contribution in [1.29, 1.82) is 0 Å². The third kappa shape index (κ3) is 1.47. The van der Waals surface area contributed by atoms with Crippen LogP contribution in [-0.4, -0.2) is 0 Å². The predicted molar refractivity (Wildman–Crippen MR) is 41.6 cm³/mol. The van der Waals surface area contributed by atoms with E-state index in [1.807, 2.05) is 11.4 Å². The zero-order valence-electron chi connectivity index (χ0n) is 4.03. The summed E-state index contributed by atoms with van der Waals surface area (Å²) in [6.07, 6.45) is 0. The summed E-state index contributed by atoms with van der Waals surface area (Å²) in [6, 6.07) is 2.03. The minimum atomic E-state index is 0.621. The molecule has 1 aromatic heterocycles. The largest absolute Gasteiger partial charge is 0.146 e. The van der Waals surface area contributed by atoms with Crippen molar-refractivity contribution < 1.29 is 0 Å². The van der Waals surface area contributed by atoms with Gasteiger partial charge in [0.2, 0.25) is 0 Å². The lowest BCUT2D eigenvalue weighted by molar-refractivity contribution is 1.52. The Morgan fingerprint density at radius 2 is 2.50 bits per heavy atom. The molecule has 0 spiro atoms. The van der Waals surface area contributed by atoms with E-state index in [0.29, 0.717) is 5.88 Å². The zero-order chi connectivity index (χ0) is 5.98. The van der Waals surface area contributed by atoms with Crippen molar-refractivity contribution in [1.82, 2.24) is 0 Å². The summed E-state index contributed by atoms with van der Waals surface area (Å²) >= 11 is 10.5. The van der Waals surface area contributed by atoms with Crippen LogP contribution >= 0.6 is 38.9 Å². The normalized spacial score (nSPS) is 9.75. The lowest BCUT2D eigenvalue weighted by Crippen LogP contribution is -1.59. The first-order chi connectivity index (χ1) is 3.83. The van der Waals surface area contributed by atoms with Crippen molar-refractivity contribution in [2.24, 2.45) is 0 Å². The predicted octanol–water partition coefficient (Wildman–Crippen LogP) is 3.25. The molecule has 0 saturated carbocycles. The molecule has 0 saturated heterocycles. The average Bonchev–Trinajstić information content (AvgIpc) is 2.14. The molecule has 0 aromatic carbocycles. The van der Waals surface area contributed by atoms with Gasteiger partial charge in [-0.05, 0) is 22.0 Å². The number of hydrogen-bond acceptors (Lipinski definition) is 1. The molecule has 0 aliphatic heterocycles. The maximum atomic E-state index is 5.53. The molecule has 8 heavy (non-hydrogen) atoms. The van der Waals surface area contributed by atoms with E-state index in [4.69, 9.17) is 11.6 Å². The van der Waals surface area contributed by atoms with Crippen LogP contribution in [0.25, 0.3) is 0 Å². The van der Waals surface area contributed by atoms with Crippen molar-refractivity contribution in [3.63, 3.8) is 0 Å². The van der Waals surface area contributed by atoms with E-state index < -0.39 is 0 Å². The van der Waals surface area contributed by atoms with Crippen LogP contribution in [0.3, 0.4) is 0 Å². The van der Waals surface area contributed by atoms with Crippen LogP contribution in [0.2, 0.25) is 0 Å².